The minimum Gasteiger partial charge on any atom is -0.459 e. The van der Waals surface area contributed by atoms with Crippen LogP contribution in [0.1, 0.15) is 69.1 Å². The molecule has 5 rings (SSSR count). The van der Waals surface area contributed by atoms with E-state index >= 15 is 0 Å². The van der Waals surface area contributed by atoms with Crippen molar-refractivity contribution in [1.82, 2.24) is 4.90 Å². The first-order valence-corrected chi connectivity index (χ1v) is 16.1. The first-order chi connectivity index (χ1) is 20.5. The molecule has 0 bridgehead atoms. The topological polar surface area (TPSA) is 114 Å². The second-order valence-electron chi connectivity index (χ2n) is 12.1. The number of likely N-dealkylation sites (tertiary alicyclic amines) is 1. The van der Waals surface area contributed by atoms with Crippen molar-refractivity contribution in [2.45, 2.75) is 81.7 Å². The highest BCUT2D eigenvalue weighted by molar-refractivity contribution is 7.92. The minimum absolute atomic E-state index is 0.0487. The third kappa shape index (κ3) is 8.01. The number of carbonyl (C=O) groups excluding carboxylic acids is 1. The van der Waals surface area contributed by atoms with Gasteiger partial charge in [0.1, 0.15) is 11.6 Å². The van der Waals surface area contributed by atoms with Crippen LogP contribution in [0.2, 0.25) is 0 Å². The molecule has 3 aromatic carbocycles. The molecule has 4 atom stereocenters. The van der Waals surface area contributed by atoms with Crippen molar-refractivity contribution in [1.29, 1.82) is 0 Å². The van der Waals surface area contributed by atoms with Gasteiger partial charge in [-0.15, -0.1) is 0 Å². The molecule has 4 unspecified atom stereocenters. The van der Waals surface area contributed by atoms with E-state index in [1.807, 2.05) is 51.1 Å². The van der Waals surface area contributed by atoms with Crippen LogP contribution in [-0.4, -0.2) is 55.2 Å². The van der Waals surface area contributed by atoms with Crippen molar-refractivity contribution < 1.29 is 32.5 Å². The molecule has 2 heterocycles. The normalized spacial score (nSPS) is 23.2. The molecule has 3 aromatic rings. The van der Waals surface area contributed by atoms with Crippen LogP contribution in [0.4, 0.5) is 5.69 Å². The highest BCUT2D eigenvalue weighted by atomic mass is 32.2. The molecule has 0 aromatic heterocycles. The summed E-state index contributed by atoms with van der Waals surface area (Å²) in [4.78, 5) is 15.3. The Hall–Kier alpha value is -3.28. The average Bonchev–Trinajstić information content (AvgIpc) is 3.45. The Kier molecular flexibility index (Phi) is 9.53. The van der Waals surface area contributed by atoms with Gasteiger partial charge in [-0.05, 0) is 75.5 Å². The first kappa shape index (κ1) is 31.2. The molecular formula is C33H40N2O7S. The zero-order valence-electron chi connectivity index (χ0n) is 24.8. The molecule has 43 heavy (non-hydrogen) atoms. The van der Waals surface area contributed by atoms with Gasteiger partial charge in [0.25, 0.3) is 10.0 Å². The maximum atomic E-state index is 13.0. The SMILES string of the molecule is CC(C)(C)OC(=O)C1CCCN1CC1CC(c2ccc(CO)cc2)OC(c2cccc(NS(=O)(=O)c3ccccc3)c2)O1. The Balaban J connectivity index is 1.38. The number of nitrogens with one attached hydrogen (secondary N) is 1. The van der Waals surface area contributed by atoms with E-state index in [1.165, 1.54) is 0 Å². The molecule has 230 valence electrons. The molecule has 2 fully saturated rings. The van der Waals surface area contributed by atoms with Crippen molar-refractivity contribution in [3.05, 3.63) is 95.6 Å². The lowest BCUT2D eigenvalue weighted by molar-refractivity contribution is -0.253. The van der Waals surface area contributed by atoms with E-state index in [2.05, 4.69) is 9.62 Å². The van der Waals surface area contributed by atoms with Gasteiger partial charge in [-0.25, -0.2) is 8.42 Å². The van der Waals surface area contributed by atoms with E-state index < -0.39 is 21.9 Å². The number of hydrogen-bond acceptors (Lipinski definition) is 8. The van der Waals surface area contributed by atoms with Gasteiger partial charge in [0.05, 0.1) is 23.7 Å². The van der Waals surface area contributed by atoms with Gasteiger partial charge in [-0.3, -0.25) is 14.4 Å². The van der Waals surface area contributed by atoms with Gasteiger partial charge in [0, 0.05) is 24.2 Å². The molecule has 2 aliphatic rings. The number of aliphatic hydroxyl groups excluding tert-OH is 1. The predicted octanol–water partition coefficient (Wildman–Crippen LogP) is 5.33. The monoisotopic (exact) mass is 608 g/mol. The number of benzene rings is 3. The molecular weight excluding hydrogens is 568 g/mol. The Bertz CT molecular complexity index is 1490. The number of rotatable bonds is 9. The molecule has 0 aliphatic carbocycles. The summed E-state index contributed by atoms with van der Waals surface area (Å²) >= 11 is 0. The number of aliphatic hydroxyl groups is 1. The standard InChI is InChI=1S/C33H40N2O7S/c1-33(2,3)42-31(37)29-13-8-18-35(29)21-27-20-30(24-16-14-23(22-36)15-17-24)41-32(40-27)25-9-7-10-26(19-25)34-43(38,39)28-11-5-4-6-12-28/h4-7,9-12,14-17,19,27,29-30,32,34,36H,8,13,18,20-22H2,1-3H3. The third-order valence-corrected chi connectivity index (χ3v) is 8.96. The fourth-order valence-electron chi connectivity index (χ4n) is 5.54. The second-order valence-corrected chi connectivity index (χ2v) is 13.8. The van der Waals surface area contributed by atoms with Crippen LogP contribution in [0.25, 0.3) is 0 Å². The number of sulfonamides is 1. The molecule has 0 saturated carbocycles. The summed E-state index contributed by atoms with van der Waals surface area (Å²) in [6.07, 6.45) is 0.832. The van der Waals surface area contributed by atoms with E-state index in [4.69, 9.17) is 14.2 Å². The van der Waals surface area contributed by atoms with Crippen LogP contribution in [0.5, 0.6) is 0 Å². The fraction of sp³-hybridized carbons (Fsp3) is 0.424. The number of nitrogens with zero attached hydrogens (tertiary/aromatic N) is 1. The summed E-state index contributed by atoms with van der Waals surface area (Å²) in [7, 11) is -3.78. The molecule has 2 saturated heterocycles. The van der Waals surface area contributed by atoms with Crippen molar-refractivity contribution in [2.75, 3.05) is 17.8 Å². The van der Waals surface area contributed by atoms with E-state index in [9.17, 15) is 18.3 Å². The number of anilines is 1. The van der Waals surface area contributed by atoms with Gasteiger partial charge in [-0.1, -0.05) is 54.6 Å². The number of carbonyl (C=O) groups is 1. The number of hydrogen-bond donors (Lipinski definition) is 2. The maximum Gasteiger partial charge on any atom is 0.323 e. The molecule has 0 radical (unpaired) electrons. The highest BCUT2D eigenvalue weighted by Gasteiger charge is 2.39. The van der Waals surface area contributed by atoms with Crippen molar-refractivity contribution in [3.8, 4) is 0 Å². The van der Waals surface area contributed by atoms with Crippen LogP contribution in [0, 0.1) is 0 Å². The van der Waals surface area contributed by atoms with Gasteiger partial charge in [-0.2, -0.15) is 0 Å². The summed E-state index contributed by atoms with van der Waals surface area (Å²) in [6.45, 7) is 6.86. The molecule has 9 nitrogen and oxygen atoms in total. The summed E-state index contributed by atoms with van der Waals surface area (Å²) in [6, 6.07) is 22.5. The molecule has 2 aliphatic heterocycles. The molecule has 10 heteroatoms. The lowest BCUT2D eigenvalue weighted by atomic mass is 9.99. The number of esters is 1. The van der Waals surface area contributed by atoms with Gasteiger partial charge < -0.3 is 19.3 Å². The Morgan fingerprint density at radius 3 is 2.44 bits per heavy atom. The van der Waals surface area contributed by atoms with Gasteiger partial charge in [0.2, 0.25) is 0 Å². The Morgan fingerprint density at radius 2 is 1.74 bits per heavy atom. The van der Waals surface area contributed by atoms with Gasteiger partial charge >= 0.3 is 5.97 Å². The Morgan fingerprint density at radius 1 is 1.00 bits per heavy atom. The summed E-state index contributed by atoms with van der Waals surface area (Å²) in [5.74, 6) is -0.219. The molecule has 2 N–H and O–H groups in total. The highest BCUT2D eigenvalue weighted by Crippen LogP contribution is 2.39. The predicted molar refractivity (Wildman–Crippen MR) is 163 cm³/mol. The third-order valence-electron chi connectivity index (χ3n) is 7.56. The average molecular weight is 609 g/mol. The van der Waals surface area contributed by atoms with E-state index in [0.717, 1.165) is 30.5 Å². The quantitative estimate of drug-likeness (QED) is 0.314. The number of ether oxygens (including phenoxy) is 3. The second kappa shape index (κ2) is 13.2. The van der Waals surface area contributed by atoms with Crippen LogP contribution in [0.3, 0.4) is 0 Å². The van der Waals surface area contributed by atoms with E-state index in [0.29, 0.717) is 24.2 Å². The Labute approximate surface area is 253 Å². The van der Waals surface area contributed by atoms with Crippen LogP contribution in [-0.2, 0) is 35.6 Å². The van der Waals surface area contributed by atoms with Crippen LogP contribution < -0.4 is 4.72 Å². The fourth-order valence-corrected chi connectivity index (χ4v) is 6.61. The maximum absolute atomic E-state index is 13.0. The first-order valence-electron chi connectivity index (χ1n) is 14.7. The van der Waals surface area contributed by atoms with E-state index in [1.54, 1.807) is 48.5 Å². The largest absolute Gasteiger partial charge is 0.459 e. The summed E-state index contributed by atoms with van der Waals surface area (Å²) in [5.41, 5.74) is 2.25. The zero-order chi connectivity index (χ0) is 30.6. The summed E-state index contributed by atoms with van der Waals surface area (Å²) in [5, 5.41) is 9.51. The van der Waals surface area contributed by atoms with Crippen LogP contribution in [0.15, 0.2) is 83.8 Å². The molecule has 0 amide bonds. The van der Waals surface area contributed by atoms with Crippen molar-refractivity contribution in [2.24, 2.45) is 0 Å². The smallest absolute Gasteiger partial charge is 0.323 e. The van der Waals surface area contributed by atoms with E-state index in [-0.39, 0.29) is 35.7 Å². The minimum atomic E-state index is -3.78. The van der Waals surface area contributed by atoms with Crippen molar-refractivity contribution in [3.63, 3.8) is 0 Å². The lowest BCUT2D eigenvalue weighted by Gasteiger charge is -2.38. The summed E-state index contributed by atoms with van der Waals surface area (Å²) < 4.78 is 47.2. The lowest BCUT2D eigenvalue weighted by Crippen LogP contribution is -2.45. The zero-order valence-corrected chi connectivity index (χ0v) is 25.6. The van der Waals surface area contributed by atoms with Crippen LogP contribution >= 0.6 is 0 Å². The molecule has 0 spiro atoms. The van der Waals surface area contributed by atoms with Gasteiger partial charge in [0.15, 0.2) is 6.29 Å². The van der Waals surface area contributed by atoms with Crippen molar-refractivity contribution >= 4 is 21.7 Å².